The molecular weight excluding hydrogens is 388 g/mol. The van der Waals surface area contributed by atoms with E-state index in [2.05, 4.69) is 15.8 Å². The molecule has 0 radical (unpaired) electrons. The molecule has 1 aromatic carbocycles. The third kappa shape index (κ3) is 4.72. The fourth-order valence-electron chi connectivity index (χ4n) is 3.57. The van der Waals surface area contributed by atoms with Crippen molar-refractivity contribution in [1.29, 1.82) is 0 Å². The van der Waals surface area contributed by atoms with Crippen LogP contribution in [0.5, 0.6) is 11.5 Å². The first kappa shape index (κ1) is 21.6. The van der Waals surface area contributed by atoms with Crippen LogP contribution in [0, 0.1) is 5.92 Å². The summed E-state index contributed by atoms with van der Waals surface area (Å²) in [6.45, 7) is 4.19. The fourth-order valence-corrected chi connectivity index (χ4v) is 3.57. The lowest BCUT2D eigenvalue weighted by molar-refractivity contribution is -0.131. The molecule has 9 nitrogen and oxygen atoms in total. The van der Waals surface area contributed by atoms with Gasteiger partial charge in [0, 0.05) is 37.9 Å². The minimum absolute atomic E-state index is 0.0325. The number of ether oxygens (including phenoxy) is 2. The number of carbonyl (C=O) groups is 2. The Hall–Kier alpha value is -3.10. The number of benzene rings is 1. The van der Waals surface area contributed by atoms with Gasteiger partial charge in [0.25, 0.3) is 5.56 Å². The first-order valence-corrected chi connectivity index (χ1v) is 10.3. The van der Waals surface area contributed by atoms with Crippen molar-refractivity contribution >= 4 is 22.8 Å². The van der Waals surface area contributed by atoms with E-state index in [1.54, 1.807) is 19.2 Å². The van der Waals surface area contributed by atoms with Gasteiger partial charge in [-0.25, -0.2) is 4.98 Å². The Balaban J connectivity index is 1.63. The van der Waals surface area contributed by atoms with E-state index < -0.39 is 0 Å². The van der Waals surface area contributed by atoms with Gasteiger partial charge in [0.1, 0.15) is 5.69 Å². The Labute approximate surface area is 174 Å². The molecule has 0 atom stereocenters. The monoisotopic (exact) mass is 416 g/mol. The molecule has 1 aromatic heterocycles. The molecule has 2 heterocycles. The van der Waals surface area contributed by atoms with E-state index in [0.717, 1.165) is 25.7 Å². The summed E-state index contributed by atoms with van der Waals surface area (Å²) in [4.78, 5) is 41.4. The van der Waals surface area contributed by atoms with E-state index >= 15 is 0 Å². The predicted molar refractivity (Wildman–Crippen MR) is 111 cm³/mol. The highest BCUT2D eigenvalue weighted by atomic mass is 16.7. The van der Waals surface area contributed by atoms with Gasteiger partial charge < -0.3 is 14.0 Å². The number of hydrazine groups is 1. The van der Waals surface area contributed by atoms with Crippen LogP contribution in [0.1, 0.15) is 51.6 Å². The van der Waals surface area contributed by atoms with Gasteiger partial charge >= 0.3 is 0 Å². The number of hydrogen-bond acceptors (Lipinski definition) is 6. The summed E-state index contributed by atoms with van der Waals surface area (Å²) in [5.74, 6) is 0.496. The van der Waals surface area contributed by atoms with Crippen molar-refractivity contribution < 1.29 is 19.1 Å². The SMILES string of the molecule is CCCC(CCC)C(=O)NNC(=O)CCc1nc2cc3c(cc2n(C)c1=O)OCO3. The summed E-state index contributed by atoms with van der Waals surface area (Å²) in [6, 6.07) is 3.45. The first-order valence-electron chi connectivity index (χ1n) is 10.3. The molecule has 9 heteroatoms. The second-order valence-electron chi connectivity index (χ2n) is 7.43. The topological polar surface area (TPSA) is 112 Å². The second kappa shape index (κ2) is 9.60. The number of nitrogens with zero attached hydrogens (tertiary/aromatic N) is 2. The Morgan fingerprint density at radius 2 is 1.80 bits per heavy atom. The van der Waals surface area contributed by atoms with Crippen LogP contribution in [-0.2, 0) is 23.1 Å². The number of hydrogen-bond donors (Lipinski definition) is 2. The van der Waals surface area contributed by atoms with Crippen molar-refractivity contribution in [2.24, 2.45) is 13.0 Å². The van der Waals surface area contributed by atoms with Gasteiger partial charge in [0.2, 0.25) is 18.6 Å². The van der Waals surface area contributed by atoms with Gasteiger partial charge in [-0.3, -0.25) is 25.2 Å². The van der Waals surface area contributed by atoms with Gasteiger partial charge in [-0.1, -0.05) is 26.7 Å². The largest absolute Gasteiger partial charge is 0.454 e. The van der Waals surface area contributed by atoms with Crippen LogP contribution in [0.2, 0.25) is 0 Å². The lowest BCUT2D eigenvalue weighted by Gasteiger charge is -2.15. The molecule has 3 rings (SSSR count). The molecule has 2 amide bonds. The van der Waals surface area contributed by atoms with Crippen LogP contribution in [0.4, 0.5) is 0 Å². The molecule has 0 unspecified atom stereocenters. The highest BCUT2D eigenvalue weighted by Crippen LogP contribution is 2.34. The molecule has 2 N–H and O–H groups in total. The van der Waals surface area contributed by atoms with E-state index in [9.17, 15) is 14.4 Å². The standard InChI is InChI=1S/C21H28N4O5/c1-4-6-13(7-5-2)20(27)24-23-19(26)9-8-14-21(28)25(3)16-11-18-17(29-12-30-18)10-15(16)22-14/h10-11,13H,4-9,12H2,1-3H3,(H,23,26)(H,24,27). The average Bonchev–Trinajstić information content (AvgIpc) is 3.19. The Morgan fingerprint density at radius 3 is 2.47 bits per heavy atom. The number of nitrogens with one attached hydrogen (secondary N) is 2. The van der Waals surface area contributed by atoms with Crippen molar-refractivity contribution in [3.63, 3.8) is 0 Å². The highest BCUT2D eigenvalue weighted by Gasteiger charge is 2.19. The fraction of sp³-hybridized carbons (Fsp3) is 0.524. The number of carbonyl (C=O) groups excluding carboxylic acids is 2. The van der Waals surface area contributed by atoms with Crippen LogP contribution < -0.4 is 25.9 Å². The number of rotatable bonds is 8. The highest BCUT2D eigenvalue weighted by molar-refractivity contribution is 5.83. The number of fused-ring (bicyclic) bond motifs is 2. The zero-order valence-corrected chi connectivity index (χ0v) is 17.6. The van der Waals surface area contributed by atoms with Crippen LogP contribution in [0.15, 0.2) is 16.9 Å². The van der Waals surface area contributed by atoms with Crippen molar-refractivity contribution in [2.45, 2.75) is 52.4 Å². The van der Waals surface area contributed by atoms with E-state index in [1.807, 2.05) is 13.8 Å². The minimum atomic E-state index is -0.371. The first-order chi connectivity index (χ1) is 14.4. The summed E-state index contributed by atoms with van der Waals surface area (Å²) >= 11 is 0. The molecule has 2 aromatic rings. The normalized spacial score (nSPS) is 12.4. The molecular formula is C21H28N4O5. The maximum absolute atomic E-state index is 12.6. The number of amides is 2. The summed E-state index contributed by atoms with van der Waals surface area (Å²) < 4.78 is 12.2. The quantitative estimate of drug-likeness (QED) is 0.637. The van der Waals surface area contributed by atoms with Crippen LogP contribution >= 0.6 is 0 Å². The second-order valence-corrected chi connectivity index (χ2v) is 7.43. The van der Waals surface area contributed by atoms with Crippen LogP contribution in [0.3, 0.4) is 0 Å². The van der Waals surface area contributed by atoms with Crippen molar-refractivity contribution in [3.8, 4) is 11.5 Å². The summed E-state index contributed by atoms with van der Waals surface area (Å²) in [7, 11) is 1.65. The van der Waals surface area contributed by atoms with Crippen LogP contribution in [0.25, 0.3) is 11.0 Å². The Kier molecular flexibility index (Phi) is 6.91. The van der Waals surface area contributed by atoms with Gasteiger partial charge in [-0.2, -0.15) is 0 Å². The zero-order valence-electron chi connectivity index (χ0n) is 17.6. The van der Waals surface area contributed by atoms with E-state index in [4.69, 9.17) is 9.47 Å². The number of aromatic nitrogens is 2. The molecule has 30 heavy (non-hydrogen) atoms. The van der Waals surface area contributed by atoms with Crippen molar-refractivity contribution in [2.75, 3.05) is 6.79 Å². The molecule has 0 aliphatic carbocycles. The zero-order chi connectivity index (χ0) is 21.7. The maximum atomic E-state index is 12.6. The van der Waals surface area contributed by atoms with Crippen LogP contribution in [-0.4, -0.2) is 28.2 Å². The van der Waals surface area contributed by atoms with Gasteiger partial charge in [-0.05, 0) is 12.8 Å². The minimum Gasteiger partial charge on any atom is -0.454 e. The van der Waals surface area contributed by atoms with Gasteiger partial charge in [0.05, 0.1) is 11.0 Å². The summed E-state index contributed by atoms with van der Waals surface area (Å²) in [6.07, 6.45) is 3.57. The van der Waals surface area contributed by atoms with E-state index in [1.165, 1.54) is 4.57 Å². The molecule has 162 valence electrons. The summed E-state index contributed by atoms with van der Waals surface area (Å²) in [5, 5.41) is 0. The smallest absolute Gasteiger partial charge is 0.272 e. The predicted octanol–water partition coefficient (Wildman–Crippen LogP) is 1.96. The van der Waals surface area contributed by atoms with Crippen molar-refractivity contribution in [1.82, 2.24) is 20.4 Å². The Bertz CT molecular complexity index is 995. The third-order valence-electron chi connectivity index (χ3n) is 5.20. The molecule has 0 spiro atoms. The van der Waals surface area contributed by atoms with Crippen molar-refractivity contribution in [3.05, 3.63) is 28.2 Å². The number of aryl methyl sites for hydroxylation is 2. The lowest BCUT2D eigenvalue weighted by atomic mass is 9.98. The van der Waals surface area contributed by atoms with Gasteiger partial charge in [-0.15, -0.1) is 0 Å². The molecule has 0 fully saturated rings. The molecule has 1 aliphatic rings. The molecule has 0 bridgehead atoms. The lowest BCUT2D eigenvalue weighted by Crippen LogP contribution is -2.44. The molecule has 0 saturated heterocycles. The van der Waals surface area contributed by atoms with Gasteiger partial charge in [0.15, 0.2) is 11.5 Å². The molecule has 0 saturated carbocycles. The third-order valence-corrected chi connectivity index (χ3v) is 5.20. The summed E-state index contributed by atoms with van der Waals surface area (Å²) in [5.41, 5.74) is 6.16. The average molecular weight is 416 g/mol. The maximum Gasteiger partial charge on any atom is 0.272 e. The van der Waals surface area contributed by atoms with E-state index in [0.29, 0.717) is 22.5 Å². The Morgan fingerprint density at radius 1 is 1.13 bits per heavy atom. The van der Waals surface area contributed by atoms with E-state index in [-0.39, 0.29) is 48.6 Å². The molecule has 1 aliphatic heterocycles.